The topological polar surface area (TPSA) is 44.8 Å². The first-order valence-electron chi connectivity index (χ1n) is 21.1. The van der Waals surface area contributed by atoms with Gasteiger partial charge in [0.25, 0.3) is 0 Å². The summed E-state index contributed by atoms with van der Waals surface area (Å²) in [5.41, 5.74) is 0. The molecule has 1 atom stereocenters. The van der Waals surface area contributed by atoms with E-state index in [1.165, 1.54) is 154 Å². The van der Waals surface area contributed by atoms with E-state index in [2.05, 4.69) is 20.8 Å². The minimum Gasteiger partial charge on any atom is -0.492 e. The lowest BCUT2D eigenvalue weighted by Crippen LogP contribution is -2.40. The Labute approximate surface area is 303 Å². The van der Waals surface area contributed by atoms with Crippen LogP contribution >= 0.6 is 11.6 Å². The van der Waals surface area contributed by atoms with Gasteiger partial charge in [-0.25, -0.2) is 0 Å². The van der Waals surface area contributed by atoms with Crippen LogP contribution in [0.15, 0.2) is 24.0 Å². The smallest absolute Gasteiger partial charge is 0.247 e. The molecule has 0 N–H and O–H groups in total. The summed E-state index contributed by atoms with van der Waals surface area (Å²) >= 11 is 5.96. The molecular weight excluding hydrogens is 616 g/mol. The minimum atomic E-state index is -1.07. The predicted octanol–water partition coefficient (Wildman–Crippen LogP) is 14.3. The van der Waals surface area contributed by atoms with E-state index in [1.807, 2.05) is 18.2 Å². The Kier molecular flexibility index (Phi) is 31.4. The SMILES string of the molecule is CCCCCCCCCCCCOC1=CC(C(=O)Cl)C=CC1(OCCCCCCCCCCCC)OCCCCCCCCCCCC. The second-order valence-corrected chi connectivity index (χ2v) is 14.9. The average molecular weight is 696 g/mol. The lowest BCUT2D eigenvalue weighted by atomic mass is 9.98. The molecule has 1 aliphatic carbocycles. The number of rotatable bonds is 37. The zero-order valence-corrected chi connectivity index (χ0v) is 32.9. The highest BCUT2D eigenvalue weighted by atomic mass is 35.5. The molecule has 0 aromatic carbocycles. The maximum atomic E-state index is 12.2. The van der Waals surface area contributed by atoms with E-state index >= 15 is 0 Å². The largest absolute Gasteiger partial charge is 0.492 e. The Morgan fingerprint density at radius 1 is 0.521 bits per heavy atom. The Morgan fingerprint density at radius 3 is 1.17 bits per heavy atom. The van der Waals surface area contributed by atoms with Crippen molar-refractivity contribution >= 4 is 16.8 Å². The third kappa shape index (κ3) is 24.3. The number of ether oxygens (including phenoxy) is 3. The summed E-state index contributed by atoms with van der Waals surface area (Å²) in [6.45, 7) is 8.64. The first kappa shape index (κ1) is 45.2. The number of hydrogen-bond acceptors (Lipinski definition) is 4. The molecule has 0 bridgehead atoms. The van der Waals surface area contributed by atoms with Gasteiger partial charge in [-0.1, -0.05) is 200 Å². The van der Waals surface area contributed by atoms with Crippen molar-refractivity contribution in [3.63, 3.8) is 0 Å². The lowest BCUT2D eigenvalue weighted by Gasteiger charge is -2.35. The monoisotopic (exact) mass is 695 g/mol. The van der Waals surface area contributed by atoms with Crippen LogP contribution < -0.4 is 0 Å². The first-order chi connectivity index (χ1) is 23.6. The van der Waals surface area contributed by atoms with Crippen molar-refractivity contribution in [2.75, 3.05) is 19.8 Å². The Hall–Kier alpha value is -0.840. The summed E-state index contributed by atoms with van der Waals surface area (Å²) in [6.07, 6.45) is 44.1. The normalized spacial score (nSPS) is 15.6. The Bertz CT molecular complexity index is 753. The van der Waals surface area contributed by atoms with Crippen molar-refractivity contribution in [2.45, 2.75) is 219 Å². The summed E-state index contributed by atoms with van der Waals surface area (Å²) in [6, 6.07) is 0. The van der Waals surface area contributed by atoms with Gasteiger partial charge in [0, 0.05) is 0 Å². The van der Waals surface area contributed by atoms with Crippen LogP contribution in [0.1, 0.15) is 213 Å². The molecule has 0 aromatic heterocycles. The van der Waals surface area contributed by atoms with Gasteiger partial charge in [0.2, 0.25) is 11.0 Å². The molecule has 282 valence electrons. The van der Waals surface area contributed by atoms with Crippen LogP contribution in [-0.4, -0.2) is 30.9 Å². The van der Waals surface area contributed by atoms with E-state index in [-0.39, 0.29) is 0 Å². The highest BCUT2D eigenvalue weighted by Gasteiger charge is 2.40. The van der Waals surface area contributed by atoms with Crippen molar-refractivity contribution < 1.29 is 19.0 Å². The molecule has 0 aliphatic heterocycles. The lowest BCUT2D eigenvalue weighted by molar-refractivity contribution is -0.204. The van der Waals surface area contributed by atoms with E-state index < -0.39 is 16.9 Å². The zero-order chi connectivity index (χ0) is 34.8. The van der Waals surface area contributed by atoms with E-state index in [0.29, 0.717) is 25.6 Å². The van der Waals surface area contributed by atoms with Gasteiger partial charge in [-0.15, -0.1) is 0 Å². The van der Waals surface area contributed by atoms with Crippen LogP contribution in [0.4, 0.5) is 0 Å². The van der Waals surface area contributed by atoms with Gasteiger partial charge in [-0.3, -0.25) is 4.79 Å². The van der Waals surface area contributed by atoms with Gasteiger partial charge < -0.3 is 14.2 Å². The maximum Gasteiger partial charge on any atom is 0.247 e. The summed E-state index contributed by atoms with van der Waals surface area (Å²) in [5, 5.41) is -0.399. The molecule has 0 saturated heterocycles. The van der Waals surface area contributed by atoms with Crippen LogP contribution in [0.3, 0.4) is 0 Å². The van der Waals surface area contributed by atoms with E-state index in [4.69, 9.17) is 25.8 Å². The highest BCUT2D eigenvalue weighted by molar-refractivity contribution is 6.64. The molecular formula is C43H79ClO4. The summed E-state index contributed by atoms with van der Waals surface area (Å²) in [7, 11) is 0. The van der Waals surface area contributed by atoms with Crippen molar-refractivity contribution in [1.29, 1.82) is 0 Å². The number of carbonyl (C=O) groups excluding carboxylic acids is 1. The van der Waals surface area contributed by atoms with Crippen molar-refractivity contribution in [2.24, 2.45) is 5.92 Å². The van der Waals surface area contributed by atoms with E-state index in [1.54, 1.807) is 0 Å². The molecule has 0 saturated carbocycles. The molecule has 1 aliphatic rings. The maximum absolute atomic E-state index is 12.2. The molecule has 5 heteroatoms. The van der Waals surface area contributed by atoms with E-state index in [9.17, 15) is 4.79 Å². The van der Waals surface area contributed by atoms with Gasteiger partial charge in [0.05, 0.1) is 25.7 Å². The Morgan fingerprint density at radius 2 is 0.833 bits per heavy atom. The van der Waals surface area contributed by atoms with Crippen molar-refractivity contribution in [3.05, 3.63) is 24.0 Å². The molecule has 0 heterocycles. The summed E-state index contributed by atoms with van der Waals surface area (Å²) in [5.74, 6) is -0.969. The van der Waals surface area contributed by atoms with Gasteiger partial charge in [-0.2, -0.15) is 0 Å². The second-order valence-electron chi connectivity index (χ2n) is 14.5. The van der Waals surface area contributed by atoms with Crippen LogP contribution in [-0.2, 0) is 19.0 Å². The number of allylic oxidation sites excluding steroid dienone is 2. The van der Waals surface area contributed by atoms with Crippen molar-refractivity contribution in [1.82, 2.24) is 0 Å². The number of carbonyl (C=O) groups is 1. The van der Waals surface area contributed by atoms with Crippen LogP contribution in [0.2, 0.25) is 0 Å². The van der Waals surface area contributed by atoms with Crippen LogP contribution in [0, 0.1) is 5.92 Å². The summed E-state index contributed by atoms with van der Waals surface area (Å²) in [4.78, 5) is 12.2. The van der Waals surface area contributed by atoms with Crippen LogP contribution in [0.25, 0.3) is 0 Å². The van der Waals surface area contributed by atoms with Gasteiger partial charge >= 0.3 is 0 Å². The van der Waals surface area contributed by atoms with Gasteiger partial charge in [0.15, 0.2) is 5.76 Å². The fraction of sp³-hybridized carbons (Fsp3) is 0.884. The molecule has 0 fully saturated rings. The third-order valence-electron chi connectivity index (χ3n) is 9.84. The number of unbranched alkanes of at least 4 members (excludes halogenated alkanes) is 27. The van der Waals surface area contributed by atoms with Gasteiger partial charge in [-0.05, 0) is 43.0 Å². The molecule has 0 amide bonds. The zero-order valence-electron chi connectivity index (χ0n) is 32.2. The molecule has 4 nitrogen and oxygen atoms in total. The Balaban J connectivity index is 2.60. The molecule has 48 heavy (non-hydrogen) atoms. The predicted molar refractivity (Wildman–Crippen MR) is 208 cm³/mol. The number of hydrogen-bond donors (Lipinski definition) is 0. The molecule has 0 radical (unpaired) electrons. The standard InChI is InChI=1S/C43H79ClO4/c1-4-7-10-13-16-19-22-25-28-31-36-46-41-39-40(42(44)45)34-35-43(41,47-37-32-29-26-23-20-17-14-11-8-5-2)48-38-33-30-27-24-21-18-15-12-9-6-3/h34-35,39-40H,4-33,36-38H2,1-3H3. The quantitative estimate of drug-likeness (QED) is 0.0281. The van der Waals surface area contributed by atoms with Gasteiger partial charge in [0.1, 0.15) is 0 Å². The number of halogens is 1. The summed E-state index contributed by atoms with van der Waals surface area (Å²) < 4.78 is 19.5. The third-order valence-corrected chi connectivity index (χ3v) is 10.1. The van der Waals surface area contributed by atoms with Crippen LogP contribution in [0.5, 0.6) is 0 Å². The molecule has 1 unspecified atom stereocenters. The van der Waals surface area contributed by atoms with Crippen molar-refractivity contribution in [3.8, 4) is 0 Å². The average Bonchev–Trinajstić information content (AvgIpc) is 3.09. The fourth-order valence-corrected chi connectivity index (χ4v) is 6.75. The van der Waals surface area contributed by atoms with E-state index in [0.717, 1.165) is 38.5 Å². The molecule has 0 aromatic rings. The second kappa shape index (κ2) is 33.3. The first-order valence-corrected chi connectivity index (χ1v) is 21.5. The minimum absolute atomic E-state index is 0.399. The fourth-order valence-electron chi connectivity index (χ4n) is 6.62. The molecule has 0 spiro atoms. The molecule has 1 rings (SSSR count). The highest BCUT2D eigenvalue weighted by Crippen LogP contribution is 2.34.